The van der Waals surface area contributed by atoms with Crippen LogP contribution in [0.3, 0.4) is 0 Å². The highest BCUT2D eigenvalue weighted by Crippen LogP contribution is 2.31. The zero-order valence-corrected chi connectivity index (χ0v) is 14.2. The van der Waals surface area contributed by atoms with Crippen molar-refractivity contribution >= 4 is 15.9 Å². The van der Waals surface area contributed by atoms with Crippen molar-refractivity contribution < 1.29 is 0 Å². The Morgan fingerprint density at radius 2 is 1.75 bits per heavy atom. The van der Waals surface area contributed by atoms with Crippen LogP contribution in [0.5, 0.6) is 0 Å². The normalized spacial score (nSPS) is 12.4. The second-order valence-electron chi connectivity index (χ2n) is 5.40. The first kappa shape index (κ1) is 15.3. The maximum atomic E-state index is 3.90. The number of hydrogen-bond donors (Lipinski definition) is 0. The van der Waals surface area contributed by atoms with E-state index in [0.29, 0.717) is 4.83 Å². The van der Waals surface area contributed by atoms with Gasteiger partial charge in [0.15, 0.2) is 0 Å². The number of halogens is 1. The molecule has 0 saturated carbocycles. The van der Waals surface area contributed by atoms with Gasteiger partial charge in [0, 0.05) is 4.83 Å². The number of alkyl halides is 1. The van der Waals surface area contributed by atoms with Crippen LogP contribution in [-0.2, 0) is 19.3 Å². The zero-order chi connectivity index (χ0) is 14.5. The molecule has 0 spiro atoms. The van der Waals surface area contributed by atoms with Crippen LogP contribution >= 0.6 is 15.9 Å². The van der Waals surface area contributed by atoms with E-state index >= 15 is 0 Å². The van der Waals surface area contributed by atoms with Crippen LogP contribution in [0.4, 0.5) is 0 Å². The van der Waals surface area contributed by atoms with Gasteiger partial charge in [-0.2, -0.15) is 0 Å². The summed E-state index contributed by atoms with van der Waals surface area (Å²) in [6.07, 6.45) is 3.23. The lowest BCUT2D eigenvalue weighted by Crippen LogP contribution is -2.01. The van der Waals surface area contributed by atoms with E-state index in [4.69, 9.17) is 0 Å². The third kappa shape index (κ3) is 3.73. The Kier molecular flexibility index (Phi) is 5.42. The molecule has 0 amide bonds. The molecule has 0 radical (unpaired) electrons. The zero-order valence-electron chi connectivity index (χ0n) is 12.6. The maximum Gasteiger partial charge on any atom is 0.0438 e. The largest absolute Gasteiger partial charge is 0.0835 e. The van der Waals surface area contributed by atoms with Gasteiger partial charge >= 0.3 is 0 Å². The number of aryl methyl sites for hydroxylation is 3. The van der Waals surface area contributed by atoms with Crippen molar-refractivity contribution in [3.63, 3.8) is 0 Å². The fraction of sp³-hybridized carbons (Fsp3) is 0.368. The van der Waals surface area contributed by atoms with E-state index in [2.05, 4.69) is 79.2 Å². The Morgan fingerprint density at radius 3 is 2.40 bits per heavy atom. The second kappa shape index (κ2) is 7.08. The quantitative estimate of drug-likeness (QED) is 0.608. The van der Waals surface area contributed by atoms with E-state index in [1.54, 1.807) is 0 Å². The first-order chi connectivity index (χ1) is 9.63. The summed E-state index contributed by atoms with van der Waals surface area (Å²) < 4.78 is 0. The molecule has 1 heteroatoms. The molecule has 0 N–H and O–H groups in total. The third-order valence-electron chi connectivity index (χ3n) is 3.83. The van der Waals surface area contributed by atoms with Crippen molar-refractivity contribution in [2.24, 2.45) is 0 Å². The molecule has 0 bridgehead atoms. The average Bonchev–Trinajstić information content (AvgIpc) is 2.46. The van der Waals surface area contributed by atoms with Crippen LogP contribution < -0.4 is 0 Å². The van der Waals surface area contributed by atoms with Crippen molar-refractivity contribution in [1.29, 1.82) is 0 Å². The highest BCUT2D eigenvalue weighted by atomic mass is 79.9. The van der Waals surface area contributed by atoms with Crippen LogP contribution in [0.25, 0.3) is 0 Å². The summed E-state index contributed by atoms with van der Waals surface area (Å²) in [6, 6.07) is 15.7. The van der Waals surface area contributed by atoms with Gasteiger partial charge in [-0.15, -0.1) is 0 Å². The molecule has 106 valence electrons. The summed E-state index contributed by atoms with van der Waals surface area (Å²) in [5.41, 5.74) is 7.06. The highest BCUT2D eigenvalue weighted by molar-refractivity contribution is 9.09. The summed E-state index contributed by atoms with van der Waals surface area (Å²) >= 11 is 3.90. The monoisotopic (exact) mass is 330 g/mol. The summed E-state index contributed by atoms with van der Waals surface area (Å²) in [4.78, 5) is 0.394. The standard InChI is InChI=1S/C19H23Br/c1-4-15-9-10-17(5-2)18(12-15)19(20)13-16-8-6-7-14(3)11-16/h6-12,19H,4-5,13H2,1-3H3. The fourth-order valence-corrected chi connectivity index (χ4v) is 3.43. The summed E-state index contributed by atoms with van der Waals surface area (Å²) in [6.45, 7) is 6.60. The lowest BCUT2D eigenvalue weighted by Gasteiger charge is -2.16. The van der Waals surface area contributed by atoms with Crippen LogP contribution in [0.1, 0.15) is 46.5 Å². The molecule has 0 nitrogen and oxygen atoms in total. The molecular weight excluding hydrogens is 308 g/mol. The van der Waals surface area contributed by atoms with Gasteiger partial charge in [0.25, 0.3) is 0 Å². The highest BCUT2D eigenvalue weighted by Gasteiger charge is 2.13. The van der Waals surface area contributed by atoms with Gasteiger partial charge < -0.3 is 0 Å². The molecule has 0 saturated heterocycles. The van der Waals surface area contributed by atoms with Crippen molar-refractivity contribution in [3.8, 4) is 0 Å². The molecule has 0 fully saturated rings. The lowest BCUT2D eigenvalue weighted by atomic mass is 9.95. The first-order valence-corrected chi connectivity index (χ1v) is 8.37. The summed E-state index contributed by atoms with van der Waals surface area (Å²) in [5, 5.41) is 0. The molecule has 0 heterocycles. The van der Waals surface area contributed by atoms with Gasteiger partial charge in [-0.05, 0) is 48.4 Å². The maximum absolute atomic E-state index is 3.90. The van der Waals surface area contributed by atoms with E-state index in [0.717, 1.165) is 19.3 Å². The molecule has 2 aromatic carbocycles. The van der Waals surface area contributed by atoms with Crippen LogP contribution in [-0.4, -0.2) is 0 Å². The van der Waals surface area contributed by atoms with Gasteiger partial charge in [-0.3, -0.25) is 0 Å². The lowest BCUT2D eigenvalue weighted by molar-refractivity contribution is 0.913. The Labute approximate surface area is 131 Å². The van der Waals surface area contributed by atoms with Gasteiger partial charge in [-0.25, -0.2) is 0 Å². The predicted molar refractivity (Wildman–Crippen MR) is 91.7 cm³/mol. The van der Waals surface area contributed by atoms with Crippen molar-refractivity contribution in [2.75, 3.05) is 0 Å². The average molecular weight is 331 g/mol. The summed E-state index contributed by atoms with van der Waals surface area (Å²) in [7, 11) is 0. The van der Waals surface area contributed by atoms with E-state index in [1.165, 1.54) is 27.8 Å². The second-order valence-corrected chi connectivity index (χ2v) is 6.51. The summed E-state index contributed by atoms with van der Waals surface area (Å²) in [5.74, 6) is 0. The smallest absolute Gasteiger partial charge is 0.0438 e. The van der Waals surface area contributed by atoms with Gasteiger partial charge in [0.1, 0.15) is 0 Å². The Morgan fingerprint density at radius 1 is 0.950 bits per heavy atom. The molecular formula is C19H23Br. The van der Waals surface area contributed by atoms with E-state index in [-0.39, 0.29) is 0 Å². The van der Waals surface area contributed by atoms with Crippen molar-refractivity contribution in [1.82, 2.24) is 0 Å². The van der Waals surface area contributed by atoms with Gasteiger partial charge in [0.2, 0.25) is 0 Å². The van der Waals surface area contributed by atoms with Crippen LogP contribution in [0.15, 0.2) is 42.5 Å². The van der Waals surface area contributed by atoms with E-state index in [1.807, 2.05) is 0 Å². The molecule has 2 aromatic rings. The fourth-order valence-electron chi connectivity index (χ4n) is 2.63. The van der Waals surface area contributed by atoms with E-state index in [9.17, 15) is 0 Å². The van der Waals surface area contributed by atoms with Crippen LogP contribution in [0, 0.1) is 6.92 Å². The molecule has 0 aliphatic rings. The molecule has 0 aliphatic carbocycles. The number of rotatable bonds is 5. The Balaban J connectivity index is 2.25. The van der Waals surface area contributed by atoms with Crippen molar-refractivity contribution in [2.45, 2.75) is 44.9 Å². The van der Waals surface area contributed by atoms with Gasteiger partial charge in [0.05, 0.1) is 0 Å². The molecule has 20 heavy (non-hydrogen) atoms. The van der Waals surface area contributed by atoms with E-state index < -0.39 is 0 Å². The first-order valence-electron chi connectivity index (χ1n) is 7.45. The number of hydrogen-bond acceptors (Lipinski definition) is 0. The molecule has 2 rings (SSSR count). The predicted octanol–water partition coefficient (Wildman–Crippen LogP) is 5.80. The van der Waals surface area contributed by atoms with Gasteiger partial charge in [-0.1, -0.05) is 77.8 Å². The minimum absolute atomic E-state index is 0.394. The molecule has 0 aromatic heterocycles. The third-order valence-corrected chi connectivity index (χ3v) is 4.65. The Hall–Kier alpha value is -1.08. The topological polar surface area (TPSA) is 0 Å². The minimum Gasteiger partial charge on any atom is -0.0835 e. The molecule has 1 atom stereocenters. The van der Waals surface area contributed by atoms with Crippen LogP contribution in [0.2, 0.25) is 0 Å². The van der Waals surface area contributed by atoms with Crippen molar-refractivity contribution in [3.05, 3.63) is 70.3 Å². The minimum atomic E-state index is 0.394. The molecule has 1 unspecified atom stereocenters. The molecule has 0 aliphatic heterocycles. The number of benzene rings is 2. The SMILES string of the molecule is CCc1ccc(CC)c(C(Br)Cc2cccc(C)c2)c1. The Bertz CT molecular complexity index is 572.